The third kappa shape index (κ3) is 4.38. The first-order valence-corrected chi connectivity index (χ1v) is 9.49. The van der Waals surface area contributed by atoms with E-state index in [9.17, 15) is 4.79 Å². The number of carbonyl (C=O) groups excluding carboxylic acids is 1. The van der Waals surface area contributed by atoms with Crippen molar-refractivity contribution in [2.24, 2.45) is 0 Å². The van der Waals surface area contributed by atoms with E-state index in [1.165, 1.54) is 11.3 Å². The lowest BCUT2D eigenvalue weighted by atomic mass is 10.2. The van der Waals surface area contributed by atoms with E-state index in [4.69, 9.17) is 0 Å². The van der Waals surface area contributed by atoms with E-state index >= 15 is 0 Å². The van der Waals surface area contributed by atoms with Gasteiger partial charge >= 0.3 is 6.03 Å². The Kier molecular flexibility index (Phi) is 5.34. The highest BCUT2D eigenvalue weighted by atomic mass is 32.1. The van der Waals surface area contributed by atoms with E-state index in [0.29, 0.717) is 23.2 Å². The number of rotatable bonds is 6. The minimum absolute atomic E-state index is 0.336. The molecule has 0 saturated carbocycles. The quantitative estimate of drug-likeness (QED) is 0.435. The van der Waals surface area contributed by atoms with Crippen LogP contribution in [0.2, 0.25) is 0 Å². The van der Waals surface area contributed by atoms with Gasteiger partial charge in [-0.3, -0.25) is 10.3 Å². The summed E-state index contributed by atoms with van der Waals surface area (Å²) in [4.78, 5) is 20.7. The highest BCUT2D eigenvalue weighted by Gasteiger charge is 2.09. The third-order valence-corrected chi connectivity index (χ3v) is 4.71. The molecule has 9 heteroatoms. The second kappa shape index (κ2) is 8.40. The van der Waals surface area contributed by atoms with Crippen LogP contribution in [0, 0.1) is 0 Å². The molecule has 0 unspecified atom stereocenters. The van der Waals surface area contributed by atoms with Crippen molar-refractivity contribution < 1.29 is 4.79 Å². The summed E-state index contributed by atoms with van der Waals surface area (Å²) in [5, 5.41) is 18.8. The van der Waals surface area contributed by atoms with Crippen LogP contribution in [0.1, 0.15) is 0 Å². The summed E-state index contributed by atoms with van der Waals surface area (Å²) >= 11 is 1.27. The highest BCUT2D eigenvalue weighted by molar-refractivity contribution is 7.18. The molecule has 28 heavy (non-hydrogen) atoms. The molecule has 1 aromatic carbocycles. The van der Waals surface area contributed by atoms with Crippen LogP contribution in [0.4, 0.5) is 15.7 Å². The minimum Gasteiger partial charge on any atom is -0.368 e. The van der Waals surface area contributed by atoms with Gasteiger partial charge < -0.3 is 10.6 Å². The molecule has 0 spiro atoms. The lowest BCUT2D eigenvalue weighted by molar-refractivity contribution is 0.252. The number of nitrogens with one attached hydrogen (secondary N) is 3. The van der Waals surface area contributed by atoms with Crippen molar-refractivity contribution in [3.05, 3.63) is 60.8 Å². The topological polar surface area (TPSA) is 105 Å². The maximum atomic E-state index is 12.0. The van der Waals surface area contributed by atoms with Gasteiger partial charge in [-0.05, 0) is 30.3 Å². The number of anilines is 2. The summed E-state index contributed by atoms with van der Waals surface area (Å²) in [6, 6.07) is 17.1. The Balaban J connectivity index is 1.24. The Bertz CT molecular complexity index is 1080. The van der Waals surface area contributed by atoms with Gasteiger partial charge in [0.05, 0.1) is 5.52 Å². The number of aromatic nitrogens is 4. The average Bonchev–Trinajstić information content (AvgIpc) is 3.20. The zero-order valence-electron chi connectivity index (χ0n) is 14.8. The number of pyridine rings is 2. The second-order valence-electron chi connectivity index (χ2n) is 5.82. The summed E-state index contributed by atoms with van der Waals surface area (Å²) in [5.74, 6) is 0.769. The van der Waals surface area contributed by atoms with Crippen LogP contribution < -0.4 is 16.0 Å². The summed E-state index contributed by atoms with van der Waals surface area (Å²) in [6.07, 6.45) is 1.69. The second-order valence-corrected chi connectivity index (χ2v) is 6.80. The van der Waals surface area contributed by atoms with Crippen molar-refractivity contribution in [3.8, 4) is 10.7 Å². The lowest BCUT2D eigenvalue weighted by Crippen LogP contribution is -2.32. The largest absolute Gasteiger partial charge is 0.368 e. The molecular formula is C19H17N7OS. The molecule has 2 amide bonds. The van der Waals surface area contributed by atoms with Gasteiger partial charge in [-0.2, -0.15) is 0 Å². The highest BCUT2D eigenvalue weighted by Crippen LogP contribution is 2.24. The number of hydrogen-bond donors (Lipinski definition) is 3. The summed E-state index contributed by atoms with van der Waals surface area (Å²) in [5.41, 5.74) is 1.65. The number of benzene rings is 1. The van der Waals surface area contributed by atoms with E-state index in [2.05, 4.69) is 36.1 Å². The molecular weight excluding hydrogens is 374 g/mol. The van der Waals surface area contributed by atoms with Crippen molar-refractivity contribution in [1.29, 1.82) is 0 Å². The van der Waals surface area contributed by atoms with Crippen molar-refractivity contribution in [3.63, 3.8) is 0 Å². The molecule has 0 aliphatic carbocycles. The van der Waals surface area contributed by atoms with Crippen molar-refractivity contribution in [1.82, 2.24) is 25.5 Å². The van der Waals surface area contributed by atoms with Gasteiger partial charge in [-0.1, -0.05) is 35.6 Å². The minimum atomic E-state index is -0.336. The normalized spacial score (nSPS) is 10.6. The van der Waals surface area contributed by atoms with Crippen molar-refractivity contribution >= 4 is 39.2 Å². The molecule has 8 nitrogen and oxygen atoms in total. The molecule has 0 aliphatic heterocycles. The van der Waals surface area contributed by atoms with Gasteiger partial charge in [-0.15, -0.1) is 10.2 Å². The van der Waals surface area contributed by atoms with E-state index in [1.54, 1.807) is 6.20 Å². The first kappa shape index (κ1) is 17.8. The number of nitrogens with zero attached hydrogens (tertiary/aromatic N) is 4. The zero-order chi connectivity index (χ0) is 19.2. The maximum absolute atomic E-state index is 12.0. The molecule has 0 saturated heterocycles. The molecule has 4 aromatic rings. The molecule has 0 bridgehead atoms. The zero-order valence-corrected chi connectivity index (χ0v) is 15.6. The van der Waals surface area contributed by atoms with Crippen LogP contribution in [0.25, 0.3) is 21.6 Å². The van der Waals surface area contributed by atoms with Crippen molar-refractivity contribution in [2.45, 2.75) is 0 Å². The Morgan fingerprint density at radius 3 is 2.75 bits per heavy atom. The Morgan fingerprint density at radius 1 is 0.964 bits per heavy atom. The first-order chi connectivity index (χ1) is 13.8. The molecule has 0 radical (unpaired) electrons. The smallest absolute Gasteiger partial charge is 0.321 e. The van der Waals surface area contributed by atoms with Crippen LogP contribution >= 0.6 is 11.3 Å². The number of para-hydroxylation sites is 1. The monoisotopic (exact) mass is 391 g/mol. The Labute approximate surface area is 165 Å². The van der Waals surface area contributed by atoms with E-state index < -0.39 is 0 Å². The van der Waals surface area contributed by atoms with Crippen LogP contribution in [0.15, 0.2) is 60.8 Å². The lowest BCUT2D eigenvalue weighted by Gasteiger charge is -2.08. The van der Waals surface area contributed by atoms with Crippen LogP contribution in [-0.2, 0) is 0 Å². The van der Waals surface area contributed by atoms with Gasteiger partial charge in [0.1, 0.15) is 11.5 Å². The Morgan fingerprint density at radius 2 is 1.86 bits per heavy atom. The van der Waals surface area contributed by atoms with Gasteiger partial charge in [0.2, 0.25) is 5.13 Å². The molecule has 3 aromatic heterocycles. The van der Waals surface area contributed by atoms with Gasteiger partial charge in [0.25, 0.3) is 0 Å². The number of urea groups is 1. The standard InChI is InChI=1S/C19H17N7OS/c27-18(24-19-26-25-17(28-19)15-7-3-4-10-20-15)22-12-11-21-16-9-8-13-5-1-2-6-14(13)23-16/h1-10H,11-12H2,(H,21,23)(H2,22,24,26,27). The summed E-state index contributed by atoms with van der Waals surface area (Å²) in [7, 11) is 0. The number of hydrogen-bond acceptors (Lipinski definition) is 7. The van der Waals surface area contributed by atoms with Crippen LogP contribution in [0.3, 0.4) is 0 Å². The number of carbonyl (C=O) groups is 1. The molecule has 4 rings (SSSR count). The molecule has 140 valence electrons. The van der Waals surface area contributed by atoms with E-state index in [1.807, 2.05) is 54.6 Å². The molecule has 0 atom stereocenters. The Hall–Kier alpha value is -3.59. The summed E-state index contributed by atoms with van der Waals surface area (Å²) < 4.78 is 0. The fourth-order valence-corrected chi connectivity index (χ4v) is 3.25. The van der Waals surface area contributed by atoms with Gasteiger partial charge in [0, 0.05) is 24.7 Å². The maximum Gasteiger partial charge on any atom is 0.321 e. The van der Waals surface area contributed by atoms with Gasteiger partial charge in [0.15, 0.2) is 5.01 Å². The molecule has 0 fully saturated rings. The fraction of sp³-hybridized carbons (Fsp3) is 0.105. The SMILES string of the molecule is O=C(NCCNc1ccc2ccccc2n1)Nc1nnc(-c2ccccn2)s1. The molecule has 3 heterocycles. The van der Waals surface area contributed by atoms with Crippen LogP contribution in [0.5, 0.6) is 0 Å². The van der Waals surface area contributed by atoms with Gasteiger partial charge in [-0.25, -0.2) is 9.78 Å². The third-order valence-electron chi connectivity index (χ3n) is 3.84. The average molecular weight is 391 g/mol. The van der Waals surface area contributed by atoms with E-state index in [-0.39, 0.29) is 6.03 Å². The predicted molar refractivity (Wildman–Crippen MR) is 110 cm³/mol. The predicted octanol–water partition coefficient (Wildman–Crippen LogP) is 3.38. The van der Waals surface area contributed by atoms with E-state index in [0.717, 1.165) is 22.4 Å². The number of amides is 2. The van der Waals surface area contributed by atoms with Crippen molar-refractivity contribution in [2.75, 3.05) is 23.7 Å². The summed E-state index contributed by atoms with van der Waals surface area (Å²) in [6.45, 7) is 0.986. The van der Waals surface area contributed by atoms with Crippen LogP contribution in [-0.4, -0.2) is 39.3 Å². The molecule has 3 N–H and O–H groups in total. The fourth-order valence-electron chi connectivity index (χ4n) is 2.54. The first-order valence-electron chi connectivity index (χ1n) is 8.67. The number of fused-ring (bicyclic) bond motifs is 1. The molecule has 0 aliphatic rings.